The molecule has 0 fully saturated rings. The van der Waals surface area contributed by atoms with Gasteiger partial charge < -0.3 is 26.3 Å². The molecule has 6 heteroatoms. The number of carbonyl (C=O) groups is 1. The summed E-state index contributed by atoms with van der Waals surface area (Å²) in [5.41, 5.74) is 11.8. The van der Waals surface area contributed by atoms with Crippen LogP contribution in [0.3, 0.4) is 0 Å². The minimum Gasteiger partial charge on any atom is -0.493 e. The number of anilines is 2. The molecule has 1 aromatic carbocycles. The van der Waals surface area contributed by atoms with Gasteiger partial charge in [0.25, 0.3) is 0 Å². The van der Waals surface area contributed by atoms with E-state index < -0.39 is 11.7 Å². The van der Waals surface area contributed by atoms with E-state index in [1.807, 2.05) is 20.8 Å². The quantitative estimate of drug-likeness (QED) is 0.567. The van der Waals surface area contributed by atoms with Crippen molar-refractivity contribution in [2.24, 2.45) is 0 Å². The van der Waals surface area contributed by atoms with Gasteiger partial charge in [-0.3, -0.25) is 0 Å². The number of nitrogen functional groups attached to an aromatic ring is 2. The summed E-state index contributed by atoms with van der Waals surface area (Å²) >= 11 is 0. The molecule has 0 aliphatic rings. The van der Waals surface area contributed by atoms with Crippen molar-refractivity contribution in [2.75, 3.05) is 24.6 Å². The van der Waals surface area contributed by atoms with E-state index in [9.17, 15) is 4.79 Å². The Morgan fingerprint density at radius 1 is 1.25 bits per heavy atom. The second-order valence-electron chi connectivity index (χ2n) is 5.42. The third-order valence-corrected chi connectivity index (χ3v) is 2.32. The first-order valence-electron chi connectivity index (χ1n) is 6.52. The predicted molar refractivity (Wildman–Crippen MR) is 79.6 cm³/mol. The van der Waals surface area contributed by atoms with Gasteiger partial charge >= 0.3 is 6.09 Å². The molecule has 0 radical (unpaired) electrons. The minimum atomic E-state index is -0.484. The average molecular weight is 281 g/mol. The summed E-state index contributed by atoms with van der Waals surface area (Å²) in [6.07, 6.45) is 0.248. The maximum atomic E-state index is 11.4. The van der Waals surface area contributed by atoms with E-state index in [4.69, 9.17) is 20.9 Å². The number of benzene rings is 1. The number of nitrogens with two attached hydrogens (primary N) is 2. The molecular weight excluding hydrogens is 258 g/mol. The molecule has 0 heterocycles. The lowest BCUT2D eigenvalue weighted by atomic mass is 10.2. The van der Waals surface area contributed by atoms with Gasteiger partial charge in [0.1, 0.15) is 11.4 Å². The molecule has 112 valence electrons. The number of hydrogen-bond donors (Lipinski definition) is 3. The van der Waals surface area contributed by atoms with Crippen LogP contribution in [0.4, 0.5) is 16.2 Å². The molecule has 0 atom stereocenters. The van der Waals surface area contributed by atoms with Crippen molar-refractivity contribution in [3.63, 3.8) is 0 Å². The first kappa shape index (κ1) is 15.9. The molecule has 6 nitrogen and oxygen atoms in total. The van der Waals surface area contributed by atoms with E-state index in [0.29, 0.717) is 36.7 Å². The summed E-state index contributed by atoms with van der Waals surface area (Å²) in [4.78, 5) is 11.4. The Bertz CT molecular complexity index is 455. The largest absolute Gasteiger partial charge is 0.493 e. The second kappa shape index (κ2) is 6.88. The highest BCUT2D eigenvalue weighted by Gasteiger charge is 2.15. The predicted octanol–water partition coefficient (Wildman–Crippen LogP) is 2.14. The Balaban J connectivity index is 2.19. The van der Waals surface area contributed by atoms with E-state index >= 15 is 0 Å². The van der Waals surface area contributed by atoms with Crippen LogP contribution in [-0.4, -0.2) is 24.8 Å². The number of alkyl carbamates (subject to hydrolysis) is 1. The lowest BCUT2D eigenvalue weighted by molar-refractivity contribution is 0.0525. The summed E-state index contributed by atoms with van der Waals surface area (Å²) in [6.45, 7) is 6.42. The van der Waals surface area contributed by atoms with Crippen LogP contribution >= 0.6 is 0 Å². The normalized spacial score (nSPS) is 10.9. The maximum absolute atomic E-state index is 11.4. The van der Waals surface area contributed by atoms with Gasteiger partial charge in [0.2, 0.25) is 0 Å². The molecule has 5 N–H and O–H groups in total. The molecule has 0 aliphatic carbocycles. The zero-order valence-corrected chi connectivity index (χ0v) is 12.2. The summed E-state index contributed by atoms with van der Waals surface area (Å²) in [5, 5.41) is 2.66. The average Bonchev–Trinajstić information content (AvgIpc) is 2.31. The first-order chi connectivity index (χ1) is 9.28. The lowest BCUT2D eigenvalue weighted by Crippen LogP contribution is -2.33. The Labute approximate surface area is 119 Å². The third kappa shape index (κ3) is 6.17. The Hall–Kier alpha value is -2.11. The fraction of sp³-hybridized carbons (Fsp3) is 0.500. The number of amides is 1. The standard InChI is InChI=1S/C14H23N3O3/c1-14(2,3)20-13(18)17-7-4-8-19-10-5-6-11(15)12(16)9-10/h5-6,9H,4,7-8,15-16H2,1-3H3,(H,17,18). The monoisotopic (exact) mass is 281 g/mol. The SMILES string of the molecule is CC(C)(C)OC(=O)NCCCOc1ccc(N)c(N)c1. The number of ether oxygens (including phenoxy) is 2. The van der Waals surface area contributed by atoms with Crippen molar-refractivity contribution < 1.29 is 14.3 Å². The molecule has 0 saturated carbocycles. The zero-order chi connectivity index (χ0) is 15.2. The molecule has 0 unspecified atom stereocenters. The van der Waals surface area contributed by atoms with Gasteiger partial charge in [-0.1, -0.05) is 0 Å². The molecule has 1 aromatic rings. The van der Waals surface area contributed by atoms with E-state index in [1.165, 1.54) is 0 Å². The Kier molecular flexibility index (Phi) is 5.49. The molecule has 0 aliphatic heterocycles. The van der Waals surface area contributed by atoms with E-state index in [0.717, 1.165) is 0 Å². The summed E-state index contributed by atoms with van der Waals surface area (Å²) in [7, 11) is 0. The van der Waals surface area contributed by atoms with Crippen LogP contribution in [0.2, 0.25) is 0 Å². The highest BCUT2D eigenvalue weighted by Crippen LogP contribution is 2.21. The Morgan fingerprint density at radius 2 is 1.95 bits per heavy atom. The highest BCUT2D eigenvalue weighted by atomic mass is 16.6. The van der Waals surface area contributed by atoms with Crippen LogP contribution in [0, 0.1) is 0 Å². The van der Waals surface area contributed by atoms with Crippen molar-refractivity contribution in [3.05, 3.63) is 18.2 Å². The topological polar surface area (TPSA) is 99.6 Å². The van der Waals surface area contributed by atoms with Gasteiger partial charge in [0, 0.05) is 12.6 Å². The molecule has 0 saturated heterocycles. The second-order valence-corrected chi connectivity index (χ2v) is 5.42. The van der Waals surface area contributed by atoms with Crippen molar-refractivity contribution in [3.8, 4) is 5.75 Å². The van der Waals surface area contributed by atoms with Gasteiger partial charge in [0.15, 0.2) is 0 Å². The molecule has 1 rings (SSSR count). The van der Waals surface area contributed by atoms with Crippen LogP contribution < -0.4 is 21.5 Å². The Morgan fingerprint density at radius 3 is 2.55 bits per heavy atom. The van der Waals surface area contributed by atoms with Crippen LogP contribution in [0.15, 0.2) is 18.2 Å². The van der Waals surface area contributed by atoms with E-state index in [2.05, 4.69) is 5.32 Å². The summed E-state index contributed by atoms with van der Waals surface area (Å²) in [5.74, 6) is 0.661. The van der Waals surface area contributed by atoms with Crippen molar-refractivity contribution in [2.45, 2.75) is 32.8 Å². The number of nitrogens with one attached hydrogen (secondary N) is 1. The van der Waals surface area contributed by atoms with Crippen LogP contribution in [0.5, 0.6) is 5.75 Å². The smallest absolute Gasteiger partial charge is 0.407 e. The van der Waals surface area contributed by atoms with Gasteiger partial charge in [-0.25, -0.2) is 4.79 Å². The van der Waals surface area contributed by atoms with Gasteiger partial charge in [-0.2, -0.15) is 0 Å². The fourth-order valence-electron chi connectivity index (χ4n) is 1.41. The van der Waals surface area contributed by atoms with Gasteiger partial charge in [-0.15, -0.1) is 0 Å². The number of rotatable bonds is 5. The molecule has 0 aromatic heterocycles. The van der Waals surface area contributed by atoms with E-state index in [-0.39, 0.29) is 0 Å². The van der Waals surface area contributed by atoms with Crippen molar-refractivity contribution in [1.29, 1.82) is 0 Å². The summed E-state index contributed by atoms with van der Waals surface area (Å²) in [6, 6.07) is 5.13. The van der Waals surface area contributed by atoms with Crippen LogP contribution in [0.1, 0.15) is 27.2 Å². The number of carbonyl (C=O) groups excluding carboxylic acids is 1. The third-order valence-electron chi connectivity index (χ3n) is 2.32. The van der Waals surface area contributed by atoms with Gasteiger partial charge in [0.05, 0.1) is 18.0 Å². The molecular formula is C14H23N3O3. The van der Waals surface area contributed by atoms with Crippen LogP contribution in [-0.2, 0) is 4.74 Å². The molecule has 0 spiro atoms. The molecule has 20 heavy (non-hydrogen) atoms. The fourth-order valence-corrected chi connectivity index (χ4v) is 1.41. The summed E-state index contributed by atoms with van der Waals surface area (Å²) < 4.78 is 10.6. The van der Waals surface area contributed by atoms with E-state index in [1.54, 1.807) is 18.2 Å². The van der Waals surface area contributed by atoms with Crippen LogP contribution in [0.25, 0.3) is 0 Å². The number of hydrogen-bond acceptors (Lipinski definition) is 5. The molecule has 1 amide bonds. The molecule has 0 bridgehead atoms. The lowest BCUT2D eigenvalue weighted by Gasteiger charge is -2.19. The highest BCUT2D eigenvalue weighted by molar-refractivity contribution is 5.67. The first-order valence-corrected chi connectivity index (χ1v) is 6.52. The van der Waals surface area contributed by atoms with Gasteiger partial charge in [-0.05, 0) is 39.3 Å². The van der Waals surface area contributed by atoms with Crippen molar-refractivity contribution in [1.82, 2.24) is 5.32 Å². The maximum Gasteiger partial charge on any atom is 0.407 e. The van der Waals surface area contributed by atoms with Crippen molar-refractivity contribution >= 4 is 17.5 Å². The minimum absolute atomic E-state index is 0.422. The zero-order valence-electron chi connectivity index (χ0n) is 12.2.